The zero-order valence-corrected chi connectivity index (χ0v) is 10.6. The van der Waals surface area contributed by atoms with Crippen molar-refractivity contribution in [1.82, 2.24) is 4.90 Å². The number of aliphatic carboxylic acids is 1. The number of carboxylic acids is 1. The molecule has 0 aromatic heterocycles. The first-order chi connectivity index (χ1) is 7.49. The lowest BCUT2D eigenvalue weighted by atomic mass is 9.92. The van der Waals surface area contributed by atoms with Crippen LogP contribution in [0.5, 0.6) is 0 Å². The fourth-order valence-corrected chi connectivity index (χ4v) is 2.81. The maximum absolute atomic E-state index is 11.8. The maximum Gasteiger partial charge on any atom is 0.232 e. The van der Waals surface area contributed by atoms with Crippen LogP contribution in [0.3, 0.4) is 0 Å². The van der Waals surface area contributed by atoms with Gasteiger partial charge in [-0.15, -0.1) is 11.8 Å². The van der Waals surface area contributed by atoms with Crippen molar-refractivity contribution < 1.29 is 14.7 Å². The van der Waals surface area contributed by atoms with Crippen LogP contribution in [-0.2, 0) is 9.59 Å². The molecule has 0 unspecified atom stereocenters. The van der Waals surface area contributed by atoms with Crippen molar-refractivity contribution in [1.29, 1.82) is 0 Å². The van der Waals surface area contributed by atoms with Crippen molar-refractivity contribution in [3.63, 3.8) is 0 Å². The number of amides is 1. The van der Waals surface area contributed by atoms with Crippen molar-refractivity contribution in [2.75, 3.05) is 24.6 Å². The summed E-state index contributed by atoms with van der Waals surface area (Å²) in [6.07, 6.45) is 1.16. The largest absolute Gasteiger partial charge is 0.549 e. The van der Waals surface area contributed by atoms with Gasteiger partial charge in [-0.3, -0.25) is 4.79 Å². The van der Waals surface area contributed by atoms with Gasteiger partial charge in [0.05, 0.1) is 11.7 Å². The molecule has 1 rings (SSSR count). The van der Waals surface area contributed by atoms with E-state index in [2.05, 4.69) is 13.8 Å². The summed E-state index contributed by atoms with van der Waals surface area (Å²) in [5.41, 5.74) is 0. The molecule has 1 saturated heterocycles. The molecule has 0 saturated carbocycles. The van der Waals surface area contributed by atoms with E-state index in [0.717, 1.165) is 31.3 Å². The molecule has 1 fully saturated rings. The van der Waals surface area contributed by atoms with E-state index in [0.29, 0.717) is 11.8 Å². The molecule has 1 aliphatic rings. The normalized spacial score (nSPS) is 25.5. The molecule has 92 valence electrons. The lowest BCUT2D eigenvalue weighted by molar-refractivity contribution is -0.301. The molecule has 1 amide bonds. The van der Waals surface area contributed by atoms with Crippen molar-refractivity contribution in [3.05, 3.63) is 0 Å². The van der Waals surface area contributed by atoms with Crippen LogP contribution < -0.4 is 5.11 Å². The Hall–Kier alpha value is -0.710. The fraction of sp³-hybridized carbons (Fsp3) is 0.818. The number of likely N-dealkylation sites (tertiary alicyclic amines) is 1. The molecule has 2 atom stereocenters. The number of thioether (sulfide) groups is 1. The summed E-state index contributed by atoms with van der Waals surface area (Å²) in [6.45, 7) is 5.89. The lowest BCUT2D eigenvalue weighted by Crippen LogP contribution is -2.43. The lowest BCUT2D eigenvalue weighted by Gasteiger charge is -2.35. The van der Waals surface area contributed by atoms with E-state index < -0.39 is 5.97 Å². The minimum Gasteiger partial charge on any atom is -0.549 e. The molecule has 0 spiro atoms. The van der Waals surface area contributed by atoms with Gasteiger partial charge in [-0.05, 0) is 18.3 Å². The van der Waals surface area contributed by atoms with E-state index in [4.69, 9.17) is 0 Å². The maximum atomic E-state index is 11.8. The topological polar surface area (TPSA) is 60.4 Å². The van der Waals surface area contributed by atoms with Crippen molar-refractivity contribution in [2.45, 2.75) is 20.3 Å². The van der Waals surface area contributed by atoms with Crippen molar-refractivity contribution in [2.24, 2.45) is 11.8 Å². The zero-order valence-electron chi connectivity index (χ0n) is 9.77. The Kier molecular flexibility index (Phi) is 5.12. The average Bonchev–Trinajstić information content (AvgIpc) is 2.15. The number of rotatable bonds is 4. The van der Waals surface area contributed by atoms with Crippen LogP contribution in [0.15, 0.2) is 0 Å². The van der Waals surface area contributed by atoms with Crippen LogP contribution in [0.25, 0.3) is 0 Å². The van der Waals surface area contributed by atoms with E-state index in [1.54, 1.807) is 0 Å². The summed E-state index contributed by atoms with van der Waals surface area (Å²) in [4.78, 5) is 23.8. The van der Waals surface area contributed by atoms with Crippen LogP contribution in [0.2, 0.25) is 0 Å². The van der Waals surface area contributed by atoms with Gasteiger partial charge in [-0.25, -0.2) is 0 Å². The van der Waals surface area contributed by atoms with Crippen molar-refractivity contribution >= 4 is 23.6 Å². The highest BCUT2D eigenvalue weighted by molar-refractivity contribution is 8.00. The summed E-state index contributed by atoms with van der Waals surface area (Å²) in [5, 5.41) is 10.2. The van der Waals surface area contributed by atoms with Crippen molar-refractivity contribution in [3.8, 4) is 0 Å². The molecule has 0 aromatic rings. The summed E-state index contributed by atoms with van der Waals surface area (Å²) >= 11 is 1.11. The average molecular weight is 244 g/mol. The van der Waals surface area contributed by atoms with Gasteiger partial charge in [-0.1, -0.05) is 13.8 Å². The van der Waals surface area contributed by atoms with E-state index in [9.17, 15) is 14.7 Å². The van der Waals surface area contributed by atoms with E-state index >= 15 is 0 Å². The third kappa shape index (κ3) is 4.43. The quantitative estimate of drug-likeness (QED) is 0.697. The summed E-state index contributed by atoms with van der Waals surface area (Å²) in [6, 6.07) is 0. The Morgan fingerprint density at radius 3 is 2.31 bits per heavy atom. The summed E-state index contributed by atoms with van der Waals surface area (Å²) in [7, 11) is 0. The number of hydrogen-bond donors (Lipinski definition) is 0. The molecular weight excluding hydrogens is 226 g/mol. The predicted octanol–water partition coefficient (Wildman–Crippen LogP) is -0.0260. The number of hydrogen-bond acceptors (Lipinski definition) is 4. The number of carbonyl (C=O) groups excluding carboxylic acids is 2. The Morgan fingerprint density at radius 2 is 1.81 bits per heavy atom. The van der Waals surface area contributed by atoms with Gasteiger partial charge < -0.3 is 14.8 Å². The number of nitrogens with zero attached hydrogens (tertiary/aromatic N) is 1. The van der Waals surface area contributed by atoms with Gasteiger partial charge in [0.15, 0.2) is 0 Å². The first-order valence-electron chi connectivity index (χ1n) is 5.54. The molecule has 5 heteroatoms. The van der Waals surface area contributed by atoms with Gasteiger partial charge in [0.1, 0.15) is 0 Å². The molecule has 1 heterocycles. The number of carboxylic acid groups (broad SMARTS) is 1. The van der Waals surface area contributed by atoms with E-state index in [-0.39, 0.29) is 17.4 Å². The van der Waals surface area contributed by atoms with Gasteiger partial charge >= 0.3 is 0 Å². The molecule has 0 aromatic carbocycles. The highest BCUT2D eigenvalue weighted by Crippen LogP contribution is 2.21. The Morgan fingerprint density at radius 1 is 1.25 bits per heavy atom. The second-order valence-electron chi connectivity index (χ2n) is 4.61. The molecule has 0 N–H and O–H groups in total. The molecule has 16 heavy (non-hydrogen) atoms. The summed E-state index contributed by atoms with van der Waals surface area (Å²) < 4.78 is 0. The fourth-order valence-electron chi connectivity index (χ4n) is 2.18. The Labute approximate surface area is 100 Å². The molecule has 0 bridgehead atoms. The molecule has 0 aliphatic carbocycles. The minimum atomic E-state index is -1.11. The Bertz CT molecular complexity index is 260. The smallest absolute Gasteiger partial charge is 0.232 e. The second-order valence-corrected chi connectivity index (χ2v) is 5.60. The van der Waals surface area contributed by atoms with Gasteiger partial charge in [0.2, 0.25) is 5.91 Å². The molecule has 4 nitrogen and oxygen atoms in total. The van der Waals surface area contributed by atoms with Crippen LogP contribution in [0.4, 0.5) is 0 Å². The molecular formula is C11H18NO3S-. The Balaban J connectivity index is 2.32. The first kappa shape index (κ1) is 13.4. The van der Waals surface area contributed by atoms with Crippen LogP contribution in [0, 0.1) is 11.8 Å². The third-order valence-corrected chi connectivity index (χ3v) is 3.56. The minimum absolute atomic E-state index is 0.0460. The first-order valence-corrected chi connectivity index (χ1v) is 6.70. The van der Waals surface area contributed by atoms with Gasteiger partial charge in [0, 0.05) is 18.8 Å². The number of carbonyl (C=O) groups is 2. The van der Waals surface area contributed by atoms with E-state index in [1.165, 1.54) is 0 Å². The van der Waals surface area contributed by atoms with Gasteiger partial charge in [-0.2, -0.15) is 0 Å². The highest BCUT2D eigenvalue weighted by Gasteiger charge is 2.24. The highest BCUT2D eigenvalue weighted by atomic mass is 32.2. The predicted molar refractivity (Wildman–Crippen MR) is 61.9 cm³/mol. The van der Waals surface area contributed by atoms with Crippen LogP contribution >= 0.6 is 11.8 Å². The standard InChI is InChI=1S/C11H19NO3S/c1-8-3-9(2)5-12(4-8)10(13)6-16-7-11(14)15/h8-9H,3-7H2,1-2H3,(H,14,15)/p-1/t8-,9+. The van der Waals surface area contributed by atoms with Crippen LogP contribution in [0.1, 0.15) is 20.3 Å². The molecule has 0 radical (unpaired) electrons. The zero-order chi connectivity index (χ0) is 12.1. The molecule has 1 aliphatic heterocycles. The SMILES string of the molecule is C[C@@H]1C[C@H](C)CN(C(=O)CSCC(=O)[O-])C1. The second kappa shape index (κ2) is 6.13. The van der Waals surface area contributed by atoms with Gasteiger partial charge in [0.25, 0.3) is 0 Å². The van der Waals surface area contributed by atoms with E-state index in [1.807, 2.05) is 4.90 Å². The monoisotopic (exact) mass is 244 g/mol. The van der Waals surface area contributed by atoms with Crippen LogP contribution in [-0.4, -0.2) is 41.4 Å². The third-order valence-electron chi connectivity index (χ3n) is 2.67. The summed E-state index contributed by atoms with van der Waals surface area (Å²) in [5.74, 6) is 0.151. The number of piperidine rings is 1.